The van der Waals surface area contributed by atoms with E-state index in [1.165, 1.54) is 37.7 Å². The number of nitrogens with two attached hydrogens (primary N) is 1. The summed E-state index contributed by atoms with van der Waals surface area (Å²) in [6.07, 6.45) is 11.7. The summed E-state index contributed by atoms with van der Waals surface area (Å²) in [6.45, 7) is 1.67. The Bertz CT molecular complexity index is 813. The molecule has 1 atom stereocenters. The van der Waals surface area contributed by atoms with Crippen LogP contribution >= 0.6 is 0 Å². The molecule has 1 aromatic heterocycles. The Morgan fingerprint density at radius 3 is 2.70 bits per heavy atom. The van der Waals surface area contributed by atoms with Crippen LogP contribution in [0.15, 0.2) is 28.8 Å². The highest BCUT2D eigenvalue weighted by Crippen LogP contribution is 2.23. The van der Waals surface area contributed by atoms with Gasteiger partial charge in [-0.1, -0.05) is 48.7 Å². The first-order chi connectivity index (χ1) is 14.7. The largest absolute Gasteiger partial charge is 0.378 e. The second-order valence-corrected chi connectivity index (χ2v) is 8.52. The summed E-state index contributed by atoms with van der Waals surface area (Å²) in [7, 11) is 0. The Morgan fingerprint density at radius 2 is 1.93 bits per heavy atom. The van der Waals surface area contributed by atoms with Crippen LogP contribution < -0.4 is 5.73 Å². The predicted octanol–water partition coefficient (Wildman–Crippen LogP) is 3.92. The maximum atomic E-state index is 7.69. The van der Waals surface area contributed by atoms with Gasteiger partial charge in [-0.3, -0.25) is 5.41 Å². The summed E-state index contributed by atoms with van der Waals surface area (Å²) in [4.78, 5) is 6.47. The molecule has 162 valence electrons. The maximum absolute atomic E-state index is 7.69. The zero-order valence-corrected chi connectivity index (χ0v) is 17.7. The smallest absolute Gasteiger partial charge is 0.229 e. The fourth-order valence-electron chi connectivity index (χ4n) is 4.60. The van der Waals surface area contributed by atoms with Gasteiger partial charge in [0.25, 0.3) is 0 Å². The monoisotopic (exact) mass is 411 g/mol. The summed E-state index contributed by atoms with van der Waals surface area (Å²) >= 11 is 0. The van der Waals surface area contributed by atoms with Crippen LogP contribution in [0.1, 0.15) is 62.8 Å². The van der Waals surface area contributed by atoms with Gasteiger partial charge in [0, 0.05) is 31.2 Å². The molecule has 30 heavy (non-hydrogen) atoms. The van der Waals surface area contributed by atoms with Crippen molar-refractivity contribution in [2.24, 2.45) is 5.73 Å². The highest BCUT2D eigenvalue weighted by atomic mass is 16.5. The quantitative estimate of drug-likeness (QED) is 0.388. The number of rotatable bonds is 8. The number of hydrogen-bond acceptors (Lipinski definition) is 5. The van der Waals surface area contributed by atoms with Crippen LogP contribution in [0.5, 0.6) is 0 Å². The van der Waals surface area contributed by atoms with Crippen molar-refractivity contribution < 1.29 is 9.26 Å². The van der Waals surface area contributed by atoms with Gasteiger partial charge in [0.1, 0.15) is 0 Å². The first-order valence-corrected chi connectivity index (χ1v) is 11.3. The minimum atomic E-state index is 0.122. The molecule has 2 fully saturated rings. The fraction of sp³-hybridized carbons (Fsp3) is 0.609. The second kappa shape index (κ2) is 10.1. The molecule has 2 heterocycles. The van der Waals surface area contributed by atoms with E-state index in [1.807, 2.05) is 4.90 Å². The maximum Gasteiger partial charge on any atom is 0.229 e. The molecular weight excluding hydrogens is 378 g/mol. The average Bonchev–Trinajstić information content (AvgIpc) is 3.43. The third kappa shape index (κ3) is 5.39. The molecule has 1 aromatic carbocycles. The van der Waals surface area contributed by atoms with Crippen LogP contribution in [0.2, 0.25) is 0 Å². The fourth-order valence-corrected chi connectivity index (χ4v) is 4.60. The van der Waals surface area contributed by atoms with E-state index in [2.05, 4.69) is 34.4 Å². The second-order valence-electron chi connectivity index (χ2n) is 8.52. The lowest BCUT2D eigenvalue weighted by Crippen LogP contribution is -2.41. The molecule has 7 heteroatoms. The van der Waals surface area contributed by atoms with Gasteiger partial charge in [-0.05, 0) is 44.1 Å². The number of hydrogen-bond donors (Lipinski definition) is 2. The minimum absolute atomic E-state index is 0.122. The molecule has 7 nitrogen and oxygen atoms in total. The zero-order valence-electron chi connectivity index (χ0n) is 17.7. The van der Waals surface area contributed by atoms with E-state index in [1.54, 1.807) is 0 Å². The van der Waals surface area contributed by atoms with E-state index in [9.17, 15) is 0 Å². The Morgan fingerprint density at radius 1 is 1.13 bits per heavy atom. The number of benzene rings is 1. The SMILES string of the molecule is N=C(N)N1CCC[C@H]1Cc1nc(-c2ccc(CCCOC3CCCCC3)cc2)no1. The van der Waals surface area contributed by atoms with Gasteiger partial charge < -0.3 is 19.9 Å². The summed E-state index contributed by atoms with van der Waals surface area (Å²) in [6, 6.07) is 8.57. The van der Waals surface area contributed by atoms with Gasteiger partial charge >= 0.3 is 0 Å². The molecule has 1 saturated heterocycles. The van der Waals surface area contributed by atoms with Gasteiger partial charge in [0.05, 0.1) is 6.10 Å². The van der Waals surface area contributed by atoms with Crippen molar-refractivity contribution in [2.75, 3.05) is 13.2 Å². The number of nitrogens with zero attached hydrogens (tertiary/aromatic N) is 3. The Kier molecular flexibility index (Phi) is 7.00. The van der Waals surface area contributed by atoms with E-state index >= 15 is 0 Å². The topological polar surface area (TPSA) is 101 Å². The summed E-state index contributed by atoms with van der Waals surface area (Å²) in [5.74, 6) is 1.34. The normalized spacial score (nSPS) is 20.0. The molecule has 0 bridgehead atoms. The molecule has 2 aromatic rings. The van der Waals surface area contributed by atoms with E-state index in [0.717, 1.165) is 44.4 Å². The van der Waals surface area contributed by atoms with Gasteiger partial charge in [-0.25, -0.2) is 0 Å². The lowest BCUT2D eigenvalue weighted by Gasteiger charge is -2.23. The van der Waals surface area contributed by atoms with Crippen molar-refractivity contribution in [1.29, 1.82) is 5.41 Å². The third-order valence-electron chi connectivity index (χ3n) is 6.29. The Balaban J connectivity index is 1.25. The first-order valence-electron chi connectivity index (χ1n) is 11.3. The highest BCUT2D eigenvalue weighted by molar-refractivity contribution is 5.75. The summed E-state index contributed by atoms with van der Waals surface area (Å²) in [5.41, 5.74) is 7.93. The number of guanidine groups is 1. The number of nitrogens with one attached hydrogen (secondary N) is 1. The van der Waals surface area contributed by atoms with Gasteiger partial charge in [-0.2, -0.15) is 4.98 Å². The lowest BCUT2D eigenvalue weighted by molar-refractivity contribution is 0.0273. The van der Waals surface area contributed by atoms with Crippen molar-refractivity contribution in [3.8, 4) is 11.4 Å². The van der Waals surface area contributed by atoms with E-state index < -0.39 is 0 Å². The molecule has 1 aliphatic heterocycles. The molecular formula is C23H33N5O2. The van der Waals surface area contributed by atoms with Crippen LogP contribution in [-0.2, 0) is 17.6 Å². The van der Waals surface area contributed by atoms with Crippen LogP contribution in [0.4, 0.5) is 0 Å². The summed E-state index contributed by atoms with van der Waals surface area (Å²) in [5, 5.41) is 11.8. The minimum Gasteiger partial charge on any atom is -0.378 e. The van der Waals surface area contributed by atoms with Crippen molar-refractivity contribution >= 4 is 5.96 Å². The van der Waals surface area contributed by atoms with Crippen LogP contribution in [0.25, 0.3) is 11.4 Å². The standard InChI is InChI=1S/C23H33N5O2/c24-23(25)28-14-4-7-19(28)16-21-26-22(27-30-21)18-12-10-17(11-13-18)6-5-15-29-20-8-2-1-3-9-20/h10-13,19-20H,1-9,14-16H2,(H3,24,25)/t19-/m0/s1. The molecule has 1 saturated carbocycles. The van der Waals surface area contributed by atoms with Crippen molar-refractivity contribution in [3.05, 3.63) is 35.7 Å². The number of likely N-dealkylation sites (tertiary alicyclic amines) is 1. The van der Waals surface area contributed by atoms with Gasteiger partial charge in [-0.15, -0.1) is 0 Å². The Hall–Kier alpha value is -2.41. The van der Waals surface area contributed by atoms with Crippen molar-refractivity contribution in [3.63, 3.8) is 0 Å². The summed E-state index contributed by atoms with van der Waals surface area (Å²) < 4.78 is 11.5. The number of ether oxygens (including phenoxy) is 1. The van der Waals surface area contributed by atoms with Crippen molar-refractivity contribution in [1.82, 2.24) is 15.0 Å². The van der Waals surface area contributed by atoms with Crippen LogP contribution in [-0.4, -0.2) is 46.3 Å². The van der Waals surface area contributed by atoms with Crippen LogP contribution in [0.3, 0.4) is 0 Å². The lowest BCUT2D eigenvalue weighted by atomic mass is 9.98. The van der Waals surface area contributed by atoms with E-state index in [-0.39, 0.29) is 12.0 Å². The molecule has 0 amide bonds. The number of aromatic nitrogens is 2. The third-order valence-corrected chi connectivity index (χ3v) is 6.29. The number of aryl methyl sites for hydroxylation is 1. The average molecular weight is 412 g/mol. The zero-order chi connectivity index (χ0) is 20.8. The molecule has 4 rings (SSSR count). The molecule has 3 N–H and O–H groups in total. The Labute approximate surface area is 178 Å². The van der Waals surface area contributed by atoms with E-state index in [4.69, 9.17) is 20.4 Å². The molecule has 0 spiro atoms. The van der Waals surface area contributed by atoms with Crippen molar-refractivity contribution in [2.45, 2.75) is 76.4 Å². The highest BCUT2D eigenvalue weighted by Gasteiger charge is 2.27. The molecule has 0 radical (unpaired) electrons. The van der Waals surface area contributed by atoms with Gasteiger partial charge in [0.2, 0.25) is 11.7 Å². The molecule has 2 aliphatic rings. The first kappa shape index (κ1) is 20.8. The van der Waals surface area contributed by atoms with E-state index in [0.29, 0.717) is 24.2 Å². The van der Waals surface area contributed by atoms with Gasteiger partial charge in [0.15, 0.2) is 5.96 Å². The van der Waals surface area contributed by atoms with Crippen LogP contribution in [0, 0.1) is 5.41 Å². The molecule has 1 aliphatic carbocycles. The molecule has 0 unspecified atom stereocenters. The predicted molar refractivity (Wildman–Crippen MR) is 116 cm³/mol.